The molecular formula is C73H138O6. The molecule has 1 atom stereocenters. The summed E-state index contributed by atoms with van der Waals surface area (Å²) in [6, 6.07) is 0. The first-order valence-corrected chi connectivity index (χ1v) is 35.8. The van der Waals surface area contributed by atoms with E-state index in [0.29, 0.717) is 19.3 Å². The van der Waals surface area contributed by atoms with Gasteiger partial charge in [0.2, 0.25) is 0 Å². The summed E-state index contributed by atoms with van der Waals surface area (Å²) >= 11 is 0. The minimum Gasteiger partial charge on any atom is -0.462 e. The molecule has 6 heteroatoms. The van der Waals surface area contributed by atoms with Crippen LogP contribution in [0.3, 0.4) is 0 Å². The summed E-state index contributed by atoms with van der Waals surface area (Å²) in [6.45, 7) is 6.70. The third-order valence-corrected chi connectivity index (χ3v) is 16.4. The maximum atomic E-state index is 12.9. The number of esters is 3. The quantitative estimate of drug-likeness (QED) is 0.0261. The van der Waals surface area contributed by atoms with Gasteiger partial charge in [-0.25, -0.2) is 0 Å². The first-order chi connectivity index (χ1) is 39.0. The molecular weight excluding hydrogens is 973 g/mol. The molecule has 0 bridgehead atoms. The Kier molecular flexibility index (Phi) is 66.6. The van der Waals surface area contributed by atoms with Crippen LogP contribution in [0.15, 0.2) is 24.3 Å². The van der Waals surface area contributed by atoms with Crippen molar-refractivity contribution >= 4 is 17.9 Å². The second kappa shape index (κ2) is 68.4. The summed E-state index contributed by atoms with van der Waals surface area (Å²) < 4.78 is 16.9. The molecule has 0 fully saturated rings. The third kappa shape index (κ3) is 66.6. The van der Waals surface area contributed by atoms with Crippen LogP contribution >= 0.6 is 0 Å². The van der Waals surface area contributed by atoms with E-state index in [4.69, 9.17) is 14.2 Å². The number of hydrogen-bond acceptors (Lipinski definition) is 6. The van der Waals surface area contributed by atoms with Crippen LogP contribution in [0.25, 0.3) is 0 Å². The first-order valence-electron chi connectivity index (χ1n) is 35.8. The SMILES string of the molecule is CCCCCCCCCC/C=C\CCCCCCCCCCCCCCCCCC(=O)OCC(COC(=O)CCCCCCCCCCC)OC(=O)CCCCCCCCCCCCCCC/C=C\CCCCCCCCCC. The second-order valence-electron chi connectivity index (χ2n) is 24.5. The normalized spacial score (nSPS) is 12.1. The summed E-state index contributed by atoms with van der Waals surface area (Å²) in [5.74, 6) is -0.838. The standard InChI is InChI=1S/C73H138O6/c1-4-7-10-13-16-19-21-23-25-27-29-31-33-35-36-38-39-41-43-45-47-49-51-54-57-60-63-66-72(75)78-69-70(68-77-71(74)65-62-59-56-53-18-15-12-9-6-3)79-73(76)67-64-61-58-55-52-50-48-46-44-42-40-37-34-32-30-28-26-24-22-20-17-14-11-8-5-2/h27-30,70H,4-26,31-69H2,1-3H3/b29-27-,30-28-. The summed E-state index contributed by atoms with van der Waals surface area (Å²) in [5, 5.41) is 0. The lowest BCUT2D eigenvalue weighted by Gasteiger charge is -2.18. The lowest BCUT2D eigenvalue weighted by Crippen LogP contribution is -2.30. The van der Waals surface area contributed by atoms with E-state index in [2.05, 4.69) is 45.1 Å². The Labute approximate surface area is 493 Å². The molecule has 0 aliphatic heterocycles. The van der Waals surface area contributed by atoms with Crippen LogP contribution in [0, 0.1) is 0 Å². The van der Waals surface area contributed by atoms with E-state index >= 15 is 0 Å². The van der Waals surface area contributed by atoms with Gasteiger partial charge in [0.1, 0.15) is 13.2 Å². The average Bonchev–Trinajstić information content (AvgIpc) is 3.45. The number of ether oxygens (including phenoxy) is 3. The number of allylic oxidation sites excluding steroid dienone is 4. The van der Waals surface area contributed by atoms with Crippen molar-refractivity contribution in [3.63, 3.8) is 0 Å². The van der Waals surface area contributed by atoms with Gasteiger partial charge in [-0.05, 0) is 70.6 Å². The average molecular weight is 1110 g/mol. The van der Waals surface area contributed by atoms with E-state index in [1.165, 1.54) is 308 Å². The van der Waals surface area contributed by atoms with Gasteiger partial charge in [-0.3, -0.25) is 14.4 Å². The van der Waals surface area contributed by atoms with Crippen molar-refractivity contribution in [3.8, 4) is 0 Å². The highest BCUT2D eigenvalue weighted by atomic mass is 16.6. The summed E-state index contributed by atoms with van der Waals surface area (Å²) in [6.07, 6.45) is 83.7. The minimum absolute atomic E-state index is 0.0652. The zero-order valence-corrected chi connectivity index (χ0v) is 53.7. The fourth-order valence-corrected chi connectivity index (χ4v) is 11.0. The summed E-state index contributed by atoms with van der Waals surface area (Å²) in [4.78, 5) is 38.3. The van der Waals surface area contributed by atoms with Gasteiger partial charge in [-0.15, -0.1) is 0 Å². The molecule has 0 aliphatic carbocycles. The Balaban J connectivity index is 4.09. The molecule has 466 valence electrons. The third-order valence-electron chi connectivity index (χ3n) is 16.4. The lowest BCUT2D eigenvalue weighted by molar-refractivity contribution is -0.167. The summed E-state index contributed by atoms with van der Waals surface area (Å²) in [5.41, 5.74) is 0. The highest BCUT2D eigenvalue weighted by Crippen LogP contribution is 2.19. The van der Waals surface area contributed by atoms with Gasteiger partial charge in [0.25, 0.3) is 0 Å². The number of carbonyl (C=O) groups is 3. The van der Waals surface area contributed by atoms with Crippen molar-refractivity contribution in [1.29, 1.82) is 0 Å². The van der Waals surface area contributed by atoms with Crippen LogP contribution in [-0.2, 0) is 28.6 Å². The molecule has 0 saturated carbocycles. The number of rotatable bonds is 67. The van der Waals surface area contributed by atoms with Crippen LogP contribution in [0.2, 0.25) is 0 Å². The predicted molar refractivity (Wildman–Crippen MR) is 344 cm³/mol. The molecule has 0 amide bonds. The fourth-order valence-electron chi connectivity index (χ4n) is 11.0. The molecule has 0 aromatic rings. The van der Waals surface area contributed by atoms with Gasteiger partial charge >= 0.3 is 17.9 Å². The Morgan fingerprint density at radius 1 is 0.241 bits per heavy atom. The van der Waals surface area contributed by atoms with Crippen molar-refractivity contribution in [2.75, 3.05) is 13.2 Å². The van der Waals surface area contributed by atoms with Crippen molar-refractivity contribution in [1.82, 2.24) is 0 Å². The first kappa shape index (κ1) is 76.9. The van der Waals surface area contributed by atoms with Gasteiger partial charge in [0.05, 0.1) is 0 Å². The highest BCUT2D eigenvalue weighted by molar-refractivity contribution is 5.71. The predicted octanol–water partition coefficient (Wildman–Crippen LogP) is 24.6. The molecule has 79 heavy (non-hydrogen) atoms. The number of unbranched alkanes of at least 4 members (excludes halogenated alkanes) is 52. The molecule has 0 aliphatic rings. The monoisotopic (exact) mass is 1110 g/mol. The Hall–Kier alpha value is -2.11. The van der Waals surface area contributed by atoms with Gasteiger partial charge in [0.15, 0.2) is 6.10 Å². The van der Waals surface area contributed by atoms with Crippen LogP contribution < -0.4 is 0 Å². The van der Waals surface area contributed by atoms with Crippen LogP contribution in [0.5, 0.6) is 0 Å². The van der Waals surface area contributed by atoms with Crippen LogP contribution in [0.1, 0.15) is 406 Å². The van der Waals surface area contributed by atoms with Crippen LogP contribution in [-0.4, -0.2) is 37.2 Å². The summed E-state index contributed by atoms with van der Waals surface area (Å²) in [7, 11) is 0. The topological polar surface area (TPSA) is 78.9 Å². The molecule has 0 rings (SSSR count). The zero-order chi connectivity index (χ0) is 57.1. The van der Waals surface area contributed by atoms with Gasteiger partial charge < -0.3 is 14.2 Å². The van der Waals surface area contributed by atoms with E-state index in [1.807, 2.05) is 0 Å². The van der Waals surface area contributed by atoms with E-state index in [9.17, 15) is 14.4 Å². The van der Waals surface area contributed by atoms with Crippen molar-refractivity contribution in [3.05, 3.63) is 24.3 Å². The number of hydrogen-bond donors (Lipinski definition) is 0. The van der Waals surface area contributed by atoms with Gasteiger partial charge in [-0.2, -0.15) is 0 Å². The highest BCUT2D eigenvalue weighted by Gasteiger charge is 2.19. The Bertz CT molecular complexity index is 1270. The maximum absolute atomic E-state index is 12.9. The molecule has 0 spiro atoms. The van der Waals surface area contributed by atoms with Crippen LogP contribution in [0.4, 0.5) is 0 Å². The number of carbonyl (C=O) groups excluding carboxylic acids is 3. The zero-order valence-electron chi connectivity index (χ0n) is 53.7. The maximum Gasteiger partial charge on any atom is 0.306 e. The molecule has 0 heterocycles. The molecule has 0 radical (unpaired) electrons. The Morgan fingerprint density at radius 2 is 0.418 bits per heavy atom. The van der Waals surface area contributed by atoms with E-state index in [-0.39, 0.29) is 31.1 Å². The van der Waals surface area contributed by atoms with E-state index in [0.717, 1.165) is 57.8 Å². The van der Waals surface area contributed by atoms with Crippen molar-refractivity contribution in [2.45, 2.75) is 412 Å². The second-order valence-corrected chi connectivity index (χ2v) is 24.5. The molecule has 0 aromatic heterocycles. The molecule has 0 saturated heterocycles. The molecule has 0 aromatic carbocycles. The van der Waals surface area contributed by atoms with Gasteiger partial charge in [-0.1, -0.05) is 340 Å². The largest absolute Gasteiger partial charge is 0.462 e. The smallest absolute Gasteiger partial charge is 0.306 e. The molecule has 0 N–H and O–H groups in total. The molecule has 1 unspecified atom stereocenters. The molecule has 6 nitrogen and oxygen atoms in total. The lowest BCUT2D eigenvalue weighted by atomic mass is 10.0. The minimum atomic E-state index is -0.767. The Morgan fingerprint density at radius 3 is 0.633 bits per heavy atom. The van der Waals surface area contributed by atoms with Gasteiger partial charge in [0, 0.05) is 19.3 Å². The fraction of sp³-hybridized carbons (Fsp3) is 0.904. The van der Waals surface area contributed by atoms with E-state index < -0.39 is 6.10 Å². The van der Waals surface area contributed by atoms with Crippen molar-refractivity contribution < 1.29 is 28.6 Å². The van der Waals surface area contributed by atoms with E-state index in [1.54, 1.807) is 0 Å². The van der Waals surface area contributed by atoms with Crippen molar-refractivity contribution in [2.24, 2.45) is 0 Å².